The van der Waals surface area contributed by atoms with Gasteiger partial charge in [0.2, 0.25) is 11.8 Å². The second kappa shape index (κ2) is 15.4. The van der Waals surface area contributed by atoms with Gasteiger partial charge in [0.1, 0.15) is 6.04 Å². The van der Waals surface area contributed by atoms with Crippen molar-refractivity contribution in [2.24, 2.45) is 0 Å². The van der Waals surface area contributed by atoms with Crippen LogP contribution in [0.3, 0.4) is 0 Å². The fraction of sp³-hybridized carbons (Fsp3) is 0.905. The third kappa shape index (κ3) is 8.91. The van der Waals surface area contributed by atoms with Crippen LogP contribution in [0.15, 0.2) is 0 Å². The van der Waals surface area contributed by atoms with Crippen molar-refractivity contribution < 1.29 is 9.59 Å². The van der Waals surface area contributed by atoms with E-state index in [0.29, 0.717) is 0 Å². The Balaban J connectivity index is 0.00000392. The standard InChI is InChI=1S/C21H39N3O2S.ClH/c1-2-3-4-5-6-7-8-9-10-11-14-22-20(25)19-13-12-15-24(19)21(26)18-16-27-17-23-18;/h18-19,23H,2-17H2,1H3,(H,22,25);1H/t18-,19+;/m1./s1. The minimum Gasteiger partial charge on any atom is -0.354 e. The smallest absolute Gasteiger partial charge is 0.242 e. The molecule has 28 heavy (non-hydrogen) atoms. The Morgan fingerprint density at radius 1 is 1.04 bits per heavy atom. The Morgan fingerprint density at radius 3 is 2.29 bits per heavy atom. The van der Waals surface area contributed by atoms with Crippen LogP contribution < -0.4 is 10.6 Å². The highest BCUT2D eigenvalue weighted by Gasteiger charge is 2.37. The van der Waals surface area contributed by atoms with Crippen molar-refractivity contribution >= 4 is 36.0 Å². The van der Waals surface area contributed by atoms with Crippen LogP contribution in [0.1, 0.15) is 84.0 Å². The first-order chi connectivity index (χ1) is 13.2. The van der Waals surface area contributed by atoms with Gasteiger partial charge in [-0.25, -0.2) is 0 Å². The van der Waals surface area contributed by atoms with E-state index < -0.39 is 0 Å². The average Bonchev–Trinajstić information content (AvgIpc) is 3.37. The quantitative estimate of drug-likeness (QED) is 0.429. The van der Waals surface area contributed by atoms with Crippen LogP contribution in [-0.4, -0.2) is 53.5 Å². The van der Waals surface area contributed by atoms with Gasteiger partial charge in [-0.05, 0) is 19.3 Å². The Morgan fingerprint density at radius 2 is 1.68 bits per heavy atom. The van der Waals surface area contributed by atoms with Crippen LogP contribution >= 0.6 is 24.2 Å². The summed E-state index contributed by atoms with van der Waals surface area (Å²) in [5.41, 5.74) is 0. The average molecular weight is 434 g/mol. The van der Waals surface area contributed by atoms with Gasteiger partial charge in [0.05, 0.1) is 6.04 Å². The zero-order valence-corrected chi connectivity index (χ0v) is 19.2. The molecule has 2 atom stereocenters. The summed E-state index contributed by atoms with van der Waals surface area (Å²) in [6.45, 7) is 3.72. The van der Waals surface area contributed by atoms with Gasteiger partial charge in [-0.3, -0.25) is 14.9 Å². The molecule has 2 aliphatic rings. The van der Waals surface area contributed by atoms with Gasteiger partial charge in [0.15, 0.2) is 0 Å². The molecule has 2 heterocycles. The first-order valence-electron chi connectivity index (χ1n) is 11.1. The summed E-state index contributed by atoms with van der Waals surface area (Å²) in [5.74, 6) is 1.81. The number of hydrogen-bond donors (Lipinski definition) is 2. The molecule has 0 unspecified atom stereocenters. The van der Waals surface area contributed by atoms with Gasteiger partial charge >= 0.3 is 0 Å². The van der Waals surface area contributed by atoms with E-state index in [1.165, 1.54) is 57.8 Å². The highest BCUT2D eigenvalue weighted by Crippen LogP contribution is 2.21. The minimum atomic E-state index is -0.256. The number of halogens is 1. The molecule has 0 aromatic carbocycles. The number of hydrogen-bond acceptors (Lipinski definition) is 4. The molecule has 2 rings (SSSR count). The van der Waals surface area contributed by atoms with Crippen molar-refractivity contribution in [1.82, 2.24) is 15.5 Å². The molecule has 2 amide bonds. The summed E-state index contributed by atoms with van der Waals surface area (Å²) in [5, 5.41) is 6.29. The minimum absolute atomic E-state index is 0. The number of nitrogens with zero attached hydrogens (tertiary/aromatic N) is 1. The Bertz CT molecular complexity index is 447. The largest absolute Gasteiger partial charge is 0.354 e. The number of rotatable bonds is 13. The van der Waals surface area contributed by atoms with Gasteiger partial charge in [0, 0.05) is 24.7 Å². The predicted octanol–water partition coefficient (Wildman–Crippen LogP) is 4.10. The van der Waals surface area contributed by atoms with Gasteiger partial charge in [-0.15, -0.1) is 24.2 Å². The maximum Gasteiger partial charge on any atom is 0.242 e. The van der Waals surface area contributed by atoms with Crippen molar-refractivity contribution in [3.63, 3.8) is 0 Å². The van der Waals surface area contributed by atoms with E-state index in [4.69, 9.17) is 0 Å². The lowest BCUT2D eigenvalue weighted by molar-refractivity contribution is -0.139. The predicted molar refractivity (Wildman–Crippen MR) is 121 cm³/mol. The number of carbonyl (C=O) groups is 2. The van der Waals surface area contributed by atoms with Crippen molar-refractivity contribution in [3.8, 4) is 0 Å². The van der Waals surface area contributed by atoms with Gasteiger partial charge < -0.3 is 10.2 Å². The summed E-state index contributed by atoms with van der Waals surface area (Å²) in [6, 6.07) is -0.363. The van der Waals surface area contributed by atoms with Crippen molar-refractivity contribution in [1.29, 1.82) is 0 Å². The maximum atomic E-state index is 12.6. The van der Waals surface area contributed by atoms with Crippen LogP contribution in [0, 0.1) is 0 Å². The molecule has 2 saturated heterocycles. The molecule has 2 aliphatic heterocycles. The van der Waals surface area contributed by atoms with Gasteiger partial charge in [-0.1, -0.05) is 64.7 Å². The lowest BCUT2D eigenvalue weighted by Gasteiger charge is -2.26. The molecule has 2 fully saturated rings. The monoisotopic (exact) mass is 433 g/mol. The van der Waals surface area contributed by atoms with Gasteiger partial charge in [0.25, 0.3) is 0 Å². The molecule has 0 aromatic rings. The number of unbranched alkanes of at least 4 members (excludes halogenated alkanes) is 9. The van der Waals surface area contributed by atoms with Crippen LogP contribution in [0.2, 0.25) is 0 Å². The molecule has 0 bridgehead atoms. The summed E-state index contributed by atoms with van der Waals surface area (Å²) in [7, 11) is 0. The molecule has 0 saturated carbocycles. The van der Waals surface area contributed by atoms with Gasteiger partial charge in [-0.2, -0.15) is 0 Å². The fourth-order valence-corrected chi connectivity index (χ4v) is 4.93. The van der Waals surface area contributed by atoms with E-state index >= 15 is 0 Å². The lowest BCUT2D eigenvalue weighted by Crippen LogP contribution is -2.51. The summed E-state index contributed by atoms with van der Waals surface area (Å²) < 4.78 is 0. The number of carbonyl (C=O) groups excluding carboxylic acids is 2. The first kappa shape index (κ1) is 25.6. The Kier molecular flexibility index (Phi) is 14.1. The first-order valence-corrected chi connectivity index (χ1v) is 12.3. The topological polar surface area (TPSA) is 61.4 Å². The second-order valence-electron chi connectivity index (χ2n) is 7.93. The summed E-state index contributed by atoms with van der Waals surface area (Å²) in [4.78, 5) is 26.9. The van der Waals surface area contributed by atoms with Crippen molar-refractivity contribution in [2.75, 3.05) is 24.7 Å². The van der Waals surface area contributed by atoms with E-state index in [-0.39, 0.29) is 36.3 Å². The van der Waals surface area contributed by atoms with Crippen molar-refractivity contribution in [2.45, 2.75) is 96.1 Å². The molecule has 0 spiro atoms. The van der Waals surface area contributed by atoms with Crippen LogP contribution in [-0.2, 0) is 9.59 Å². The molecule has 0 radical (unpaired) electrons. The molecule has 7 heteroatoms. The second-order valence-corrected chi connectivity index (χ2v) is 8.96. The highest BCUT2D eigenvalue weighted by atomic mass is 35.5. The summed E-state index contributed by atoms with van der Waals surface area (Å²) in [6.07, 6.45) is 14.7. The third-order valence-electron chi connectivity index (χ3n) is 5.68. The van der Waals surface area contributed by atoms with E-state index in [2.05, 4.69) is 17.6 Å². The number of amides is 2. The molecular weight excluding hydrogens is 394 g/mol. The molecule has 0 aromatic heterocycles. The Labute approximate surface area is 181 Å². The number of likely N-dealkylation sites (tertiary alicyclic amines) is 1. The van der Waals surface area contributed by atoms with E-state index in [1.54, 1.807) is 16.7 Å². The van der Waals surface area contributed by atoms with Crippen LogP contribution in [0.5, 0.6) is 0 Å². The van der Waals surface area contributed by atoms with Crippen LogP contribution in [0.4, 0.5) is 0 Å². The molecular formula is C21H40ClN3O2S. The maximum absolute atomic E-state index is 12.6. The fourth-order valence-electron chi connectivity index (χ4n) is 4.00. The third-order valence-corrected chi connectivity index (χ3v) is 6.62. The molecule has 2 N–H and O–H groups in total. The van der Waals surface area contributed by atoms with Crippen molar-refractivity contribution in [3.05, 3.63) is 0 Å². The highest BCUT2D eigenvalue weighted by molar-refractivity contribution is 7.99. The lowest BCUT2D eigenvalue weighted by atomic mass is 10.1. The number of thioether (sulfide) groups is 1. The molecule has 5 nitrogen and oxygen atoms in total. The molecule has 0 aliphatic carbocycles. The zero-order chi connectivity index (χ0) is 19.3. The SMILES string of the molecule is CCCCCCCCCCCCNC(=O)[C@@H]1CCCN1C(=O)[C@H]1CSCN1.Cl. The van der Waals surface area contributed by atoms with E-state index in [0.717, 1.165) is 44.0 Å². The van der Waals surface area contributed by atoms with E-state index in [9.17, 15) is 9.59 Å². The normalized spacial score (nSPS) is 21.5. The Hall–Kier alpha value is -0.460. The van der Waals surface area contributed by atoms with E-state index in [1.807, 2.05) is 0 Å². The van der Waals surface area contributed by atoms with Crippen LogP contribution in [0.25, 0.3) is 0 Å². The molecule has 164 valence electrons. The number of nitrogens with one attached hydrogen (secondary N) is 2. The zero-order valence-electron chi connectivity index (χ0n) is 17.5. The summed E-state index contributed by atoms with van der Waals surface area (Å²) >= 11 is 1.75.